The maximum atomic E-state index is 12.3. The van der Waals surface area contributed by atoms with Crippen molar-refractivity contribution in [2.45, 2.75) is 12.2 Å². The number of aliphatic hydroxyl groups is 1. The van der Waals surface area contributed by atoms with E-state index in [9.17, 15) is 18.3 Å². The molecule has 0 aliphatic carbocycles. The van der Waals surface area contributed by atoms with Crippen molar-refractivity contribution >= 4 is 0 Å². The Labute approximate surface area is 84.0 Å². The Bertz CT molecular complexity index is 352. The highest BCUT2D eigenvalue weighted by Gasteiger charge is 2.35. The Balaban J connectivity index is 3.23. The fraction of sp³-hybridized carbons (Fsp3) is 0.333. The average Bonchev–Trinajstić information content (AvgIpc) is 2.15. The smallest absolute Gasteiger partial charge is 0.419 e. The number of para-hydroxylation sites is 1. The molecule has 0 aliphatic rings. The van der Waals surface area contributed by atoms with Gasteiger partial charge in [0, 0.05) is 5.56 Å². The van der Waals surface area contributed by atoms with Crippen molar-refractivity contribution in [3.63, 3.8) is 0 Å². The third kappa shape index (κ3) is 2.40. The summed E-state index contributed by atoms with van der Waals surface area (Å²) in [7, 11) is 0. The molecule has 0 heterocycles. The highest BCUT2D eigenvalue weighted by molar-refractivity contribution is 5.43. The van der Waals surface area contributed by atoms with E-state index < -0.39 is 30.1 Å². The topological polar surface area (TPSA) is 66.5 Å². The first kappa shape index (κ1) is 11.8. The van der Waals surface area contributed by atoms with Gasteiger partial charge < -0.3 is 15.9 Å². The second kappa shape index (κ2) is 4.08. The van der Waals surface area contributed by atoms with Gasteiger partial charge in [0.15, 0.2) is 0 Å². The zero-order chi connectivity index (χ0) is 11.6. The molecule has 0 unspecified atom stereocenters. The van der Waals surface area contributed by atoms with E-state index in [2.05, 4.69) is 0 Å². The summed E-state index contributed by atoms with van der Waals surface area (Å²) >= 11 is 0. The second-order valence-corrected chi connectivity index (χ2v) is 3.03. The minimum absolute atomic E-state index is 0.118. The number of phenolic OH excluding ortho intramolecular Hbond substituents is 1. The summed E-state index contributed by atoms with van der Waals surface area (Å²) in [6.45, 7) is -0.533. The summed E-state index contributed by atoms with van der Waals surface area (Å²) in [5.41, 5.74) is 4.06. The summed E-state index contributed by atoms with van der Waals surface area (Å²) in [6, 6.07) is 2.11. The van der Waals surface area contributed by atoms with Gasteiger partial charge in [0.1, 0.15) is 5.75 Å². The molecule has 1 atom stereocenters. The monoisotopic (exact) mass is 221 g/mol. The van der Waals surface area contributed by atoms with Gasteiger partial charge >= 0.3 is 6.18 Å². The molecule has 0 bridgehead atoms. The van der Waals surface area contributed by atoms with Crippen molar-refractivity contribution in [2.24, 2.45) is 5.73 Å². The Morgan fingerprint density at radius 2 is 1.93 bits per heavy atom. The van der Waals surface area contributed by atoms with Crippen LogP contribution in [0.25, 0.3) is 0 Å². The lowest BCUT2D eigenvalue weighted by Gasteiger charge is -2.15. The highest BCUT2D eigenvalue weighted by atomic mass is 19.4. The summed E-state index contributed by atoms with van der Waals surface area (Å²) in [5, 5.41) is 18.0. The lowest BCUT2D eigenvalue weighted by atomic mass is 10.0. The molecule has 84 valence electrons. The van der Waals surface area contributed by atoms with Crippen molar-refractivity contribution in [2.75, 3.05) is 6.61 Å². The minimum Gasteiger partial charge on any atom is -0.507 e. The van der Waals surface area contributed by atoms with E-state index in [1.807, 2.05) is 0 Å². The van der Waals surface area contributed by atoms with Gasteiger partial charge in [-0.3, -0.25) is 0 Å². The molecule has 1 rings (SSSR count). The summed E-state index contributed by atoms with van der Waals surface area (Å²) in [5.74, 6) is -0.924. The quantitative estimate of drug-likeness (QED) is 0.707. The molecule has 1 aromatic carbocycles. The van der Waals surface area contributed by atoms with E-state index in [1.165, 1.54) is 6.07 Å². The van der Waals surface area contributed by atoms with E-state index in [0.29, 0.717) is 0 Å². The predicted molar refractivity (Wildman–Crippen MR) is 47.1 cm³/mol. The van der Waals surface area contributed by atoms with Gasteiger partial charge in [-0.15, -0.1) is 0 Å². The van der Waals surface area contributed by atoms with Crippen LogP contribution in [0.1, 0.15) is 17.2 Å². The second-order valence-electron chi connectivity index (χ2n) is 3.03. The molecule has 0 saturated carbocycles. The number of aliphatic hydroxyl groups excluding tert-OH is 1. The molecule has 3 nitrogen and oxygen atoms in total. The zero-order valence-corrected chi connectivity index (χ0v) is 7.62. The molecule has 0 saturated heterocycles. The van der Waals surface area contributed by atoms with Crippen LogP contribution < -0.4 is 5.73 Å². The third-order valence-electron chi connectivity index (χ3n) is 1.97. The maximum Gasteiger partial charge on any atom is 0.419 e. The molecular weight excluding hydrogens is 211 g/mol. The van der Waals surface area contributed by atoms with Crippen molar-refractivity contribution in [3.05, 3.63) is 29.3 Å². The van der Waals surface area contributed by atoms with Gasteiger partial charge in [-0.05, 0) is 6.07 Å². The first-order valence-corrected chi connectivity index (χ1v) is 4.13. The van der Waals surface area contributed by atoms with E-state index in [4.69, 9.17) is 10.8 Å². The number of aromatic hydroxyl groups is 1. The van der Waals surface area contributed by atoms with Crippen molar-refractivity contribution in [3.8, 4) is 5.75 Å². The molecule has 0 aliphatic heterocycles. The summed E-state index contributed by atoms with van der Waals surface area (Å²) < 4.78 is 37.0. The Kier molecular flexibility index (Phi) is 3.21. The van der Waals surface area contributed by atoms with Crippen LogP contribution in [0.4, 0.5) is 13.2 Å². The molecule has 0 fully saturated rings. The lowest BCUT2D eigenvalue weighted by Crippen LogP contribution is -2.16. The van der Waals surface area contributed by atoms with E-state index in [-0.39, 0.29) is 5.56 Å². The van der Waals surface area contributed by atoms with Crippen LogP contribution in [0.15, 0.2) is 18.2 Å². The van der Waals surface area contributed by atoms with Crippen LogP contribution in [-0.4, -0.2) is 16.8 Å². The standard InChI is InChI=1S/C9H10F3NO2/c10-9(11,12)6-3-1-2-5(8(6)15)7(13)4-14/h1-3,7,14-15H,4,13H2/t7-/m0/s1. The maximum absolute atomic E-state index is 12.3. The summed E-state index contributed by atoms with van der Waals surface area (Å²) in [6.07, 6.45) is -4.63. The van der Waals surface area contributed by atoms with Crippen LogP contribution in [0.2, 0.25) is 0 Å². The molecule has 0 spiro atoms. The fourth-order valence-corrected chi connectivity index (χ4v) is 1.19. The van der Waals surface area contributed by atoms with Crippen molar-refractivity contribution in [1.29, 1.82) is 0 Å². The van der Waals surface area contributed by atoms with Crippen LogP contribution in [-0.2, 0) is 6.18 Å². The van der Waals surface area contributed by atoms with Crippen molar-refractivity contribution in [1.82, 2.24) is 0 Å². The number of phenols is 1. The average molecular weight is 221 g/mol. The van der Waals surface area contributed by atoms with Gasteiger partial charge in [-0.1, -0.05) is 12.1 Å². The minimum atomic E-state index is -4.63. The lowest BCUT2D eigenvalue weighted by molar-refractivity contribution is -0.138. The molecule has 15 heavy (non-hydrogen) atoms. The molecule has 0 amide bonds. The number of rotatable bonds is 2. The largest absolute Gasteiger partial charge is 0.507 e. The first-order chi connectivity index (χ1) is 6.88. The normalized spacial score (nSPS) is 13.9. The van der Waals surface area contributed by atoms with E-state index in [0.717, 1.165) is 12.1 Å². The van der Waals surface area contributed by atoms with Crippen LogP contribution in [0.3, 0.4) is 0 Å². The molecule has 1 aromatic rings. The Morgan fingerprint density at radius 1 is 1.33 bits per heavy atom. The van der Waals surface area contributed by atoms with Gasteiger partial charge in [-0.25, -0.2) is 0 Å². The van der Waals surface area contributed by atoms with Crippen molar-refractivity contribution < 1.29 is 23.4 Å². The predicted octanol–water partition coefficient (Wildman–Crippen LogP) is 1.40. The summed E-state index contributed by atoms with van der Waals surface area (Å²) in [4.78, 5) is 0. The van der Waals surface area contributed by atoms with E-state index in [1.54, 1.807) is 0 Å². The highest BCUT2D eigenvalue weighted by Crippen LogP contribution is 2.38. The molecule has 0 aromatic heterocycles. The van der Waals surface area contributed by atoms with Gasteiger partial charge in [-0.2, -0.15) is 13.2 Å². The third-order valence-corrected chi connectivity index (χ3v) is 1.97. The number of halogens is 3. The van der Waals surface area contributed by atoms with Crippen LogP contribution in [0, 0.1) is 0 Å². The van der Waals surface area contributed by atoms with E-state index >= 15 is 0 Å². The number of benzene rings is 1. The van der Waals surface area contributed by atoms with Crippen LogP contribution >= 0.6 is 0 Å². The number of nitrogens with two attached hydrogens (primary N) is 1. The molecule has 0 radical (unpaired) electrons. The SMILES string of the molecule is N[C@@H](CO)c1cccc(C(F)(F)F)c1O. The van der Waals surface area contributed by atoms with Gasteiger partial charge in [0.05, 0.1) is 18.2 Å². The molecular formula is C9H10F3NO2. The number of hydrogen-bond donors (Lipinski definition) is 3. The van der Waals surface area contributed by atoms with Gasteiger partial charge in [0.25, 0.3) is 0 Å². The molecule has 6 heteroatoms. The molecule has 4 N–H and O–H groups in total. The zero-order valence-electron chi connectivity index (χ0n) is 7.62. The van der Waals surface area contributed by atoms with Gasteiger partial charge in [0.2, 0.25) is 0 Å². The Hall–Kier alpha value is -1.27. The fourth-order valence-electron chi connectivity index (χ4n) is 1.19. The van der Waals surface area contributed by atoms with Crippen LogP contribution in [0.5, 0.6) is 5.75 Å². The number of alkyl halides is 3. The number of hydrogen-bond acceptors (Lipinski definition) is 3. The Morgan fingerprint density at radius 3 is 2.40 bits per heavy atom. The first-order valence-electron chi connectivity index (χ1n) is 4.13.